The van der Waals surface area contributed by atoms with E-state index in [0.29, 0.717) is 0 Å². The maximum absolute atomic E-state index is 2.67. The van der Waals surface area contributed by atoms with E-state index in [4.69, 9.17) is 0 Å². The minimum Gasteiger partial charge on any atom is -0.348 e. The fourth-order valence-corrected chi connectivity index (χ4v) is 10.9. The highest BCUT2D eigenvalue weighted by molar-refractivity contribution is 6.15. The van der Waals surface area contributed by atoms with Crippen LogP contribution in [0.15, 0.2) is 152 Å². The quantitative estimate of drug-likeness (QED) is 0.167. The third-order valence-electron chi connectivity index (χ3n) is 13.2. The van der Waals surface area contributed by atoms with Crippen molar-refractivity contribution in [2.24, 2.45) is 0 Å². The molecule has 0 fully saturated rings. The number of aromatic nitrogens is 3. The van der Waals surface area contributed by atoms with Crippen LogP contribution in [0.1, 0.15) is 43.0 Å². The van der Waals surface area contributed by atoms with Gasteiger partial charge in [0.1, 0.15) is 11.2 Å². The Morgan fingerprint density at radius 2 is 1.18 bits per heavy atom. The summed E-state index contributed by atoms with van der Waals surface area (Å²) in [4.78, 5) is 5.16. The first-order valence-electron chi connectivity index (χ1n) is 19.5. The van der Waals surface area contributed by atoms with Gasteiger partial charge in [-0.1, -0.05) is 112 Å². The standard InChI is InChI=1S/C50H38N5/c1-49(2,3)33-27-41-44-42(28-33)55-39-19-11-9-16-35(39)37-17-12-26-53(47(37)55)50(44)45-40(25-24-36-34-15-8-10-18-38(34)54(41)46(36)45)52-29-43(51(4)48(50)52)32-22-20-31(21-23-32)30-13-6-5-7-14-30/h5-29,48H,1-4H3/q+1. The second-order valence-electron chi connectivity index (χ2n) is 16.9. The lowest BCUT2D eigenvalue weighted by molar-refractivity contribution is -0.727. The van der Waals surface area contributed by atoms with E-state index < -0.39 is 5.54 Å². The topological polar surface area (TPSA) is 20.2 Å². The Morgan fingerprint density at radius 3 is 1.93 bits per heavy atom. The summed E-state index contributed by atoms with van der Waals surface area (Å²) in [5.74, 6) is 0. The van der Waals surface area contributed by atoms with Gasteiger partial charge < -0.3 is 14.4 Å². The summed E-state index contributed by atoms with van der Waals surface area (Å²) in [5.41, 5.74) is 17.3. The Morgan fingerprint density at radius 1 is 0.564 bits per heavy atom. The third-order valence-corrected chi connectivity index (χ3v) is 13.2. The van der Waals surface area contributed by atoms with E-state index in [2.05, 4.69) is 203 Å². The van der Waals surface area contributed by atoms with Crippen LogP contribution < -0.4 is 9.47 Å². The number of hydrogen-bond donors (Lipinski definition) is 0. The fraction of sp³-hybridized carbons (Fsp3) is 0.140. The molecule has 2 unspecified atom stereocenters. The van der Waals surface area contributed by atoms with Crippen LogP contribution in [0.3, 0.4) is 0 Å². The molecule has 7 heterocycles. The molecule has 262 valence electrons. The zero-order valence-corrected chi connectivity index (χ0v) is 31.2. The second-order valence-corrected chi connectivity index (χ2v) is 16.9. The van der Waals surface area contributed by atoms with E-state index in [1.54, 1.807) is 0 Å². The highest BCUT2D eigenvalue weighted by atomic mass is 15.5. The summed E-state index contributed by atoms with van der Waals surface area (Å²) in [6.07, 6.45) is 4.74. The zero-order valence-electron chi connectivity index (χ0n) is 31.2. The number of likely N-dealkylation sites (N-methyl/N-ethyl adjacent to an activating group) is 1. The van der Waals surface area contributed by atoms with Gasteiger partial charge in [0.05, 0.1) is 50.8 Å². The van der Waals surface area contributed by atoms with Crippen molar-refractivity contribution < 1.29 is 4.57 Å². The van der Waals surface area contributed by atoms with E-state index >= 15 is 0 Å². The Bertz CT molecular complexity index is 3190. The number of para-hydroxylation sites is 2. The molecular formula is C50H38N5+. The van der Waals surface area contributed by atoms with Gasteiger partial charge in [0.2, 0.25) is 5.54 Å². The highest BCUT2D eigenvalue weighted by Crippen LogP contribution is 2.62. The molecule has 0 bridgehead atoms. The van der Waals surface area contributed by atoms with Gasteiger partial charge in [0.25, 0.3) is 5.65 Å². The van der Waals surface area contributed by atoms with Crippen molar-refractivity contribution in [2.45, 2.75) is 37.9 Å². The van der Waals surface area contributed by atoms with Crippen molar-refractivity contribution in [1.82, 2.24) is 14.0 Å². The molecule has 3 aromatic heterocycles. The van der Waals surface area contributed by atoms with Gasteiger partial charge in [-0.25, -0.2) is 4.57 Å². The molecule has 0 saturated carbocycles. The summed E-state index contributed by atoms with van der Waals surface area (Å²) >= 11 is 0. The van der Waals surface area contributed by atoms with Crippen LogP contribution in [-0.4, -0.2) is 27.2 Å². The Hall–Kier alpha value is -6.59. The van der Waals surface area contributed by atoms with Crippen LogP contribution in [0.5, 0.6) is 0 Å². The third kappa shape index (κ3) is 3.37. The lowest BCUT2D eigenvalue weighted by atomic mass is 9.73. The highest BCUT2D eigenvalue weighted by Gasteiger charge is 2.67. The van der Waals surface area contributed by atoms with Crippen molar-refractivity contribution in [3.63, 3.8) is 0 Å². The normalized spacial score (nSPS) is 18.8. The van der Waals surface area contributed by atoms with Crippen LogP contribution in [0.4, 0.5) is 5.69 Å². The smallest absolute Gasteiger partial charge is 0.296 e. The lowest BCUT2D eigenvalue weighted by Crippen LogP contribution is -2.69. The first kappa shape index (κ1) is 29.8. The number of fused-ring (bicyclic) bond motifs is 10. The van der Waals surface area contributed by atoms with E-state index in [0.717, 1.165) is 0 Å². The van der Waals surface area contributed by atoms with Crippen LogP contribution in [0.2, 0.25) is 0 Å². The molecule has 5 heteroatoms. The van der Waals surface area contributed by atoms with E-state index in [1.807, 2.05) is 0 Å². The summed E-state index contributed by atoms with van der Waals surface area (Å²) in [6, 6.07) is 52.3. The van der Waals surface area contributed by atoms with E-state index in [9.17, 15) is 0 Å². The van der Waals surface area contributed by atoms with Gasteiger partial charge >= 0.3 is 0 Å². The van der Waals surface area contributed by atoms with Gasteiger partial charge in [0, 0.05) is 29.4 Å². The molecule has 4 aliphatic rings. The lowest BCUT2D eigenvalue weighted by Gasteiger charge is -2.44. The number of pyridine rings is 1. The molecule has 4 aliphatic heterocycles. The molecule has 13 rings (SSSR count). The van der Waals surface area contributed by atoms with Gasteiger partial charge in [-0.3, -0.25) is 0 Å². The molecule has 9 aromatic rings. The van der Waals surface area contributed by atoms with Crippen molar-refractivity contribution >= 4 is 55.1 Å². The van der Waals surface area contributed by atoms with Crippen molar-refractivity contribution in [3.05, 3.63) is 174 Å². The van der Waals surface area contributed by atoms with Gasteiger partial charge in [-0.05, 0) is 76.2 Å². The molecule has 0 saturated heterocycles. The first-order chi connectivity index (χ1) is 26.9. The number of hydrogen-bond acceptors (Lipinski definition) is 2. The fourth-order valence-electron chi connectivity index (χ4n) is 10.9. The Balaban J connectivity index is 1.19. The molecule has 55 heavy (non-hydrogen) atoms. The summed E-state index contributed by atoms with van der Waals surface area (Å²) < 4.78 is 7.86. The molecular weight excluding hydrogens is 671 g/mol. The van der Waals surface area contributed by atoms with Crippen molar-refractivity contribution in [3.8, 4) is 22.5 Å². The zero-order chi connectivity index (χ0) is 36.5. The first-order valence-corrected chi connectivity index (χ1v) is 19.5. The number of nitrogens with zero attached hydrogens (tertiary/aromatic N) is 5. The van der Waals surface area contributed by atoms with Crippen molar-refractivity contribution in [2.75, 3.05) is 11.9 Å². The van der Waals surface area contributed by atoms with E-state index in [1.165, 1.54) is 99.9 Å². The predicted molar refractivity (Wildman–Crippen MR) is 224 cm³/mol. The predicted octanol–water partition coefficient (Wildman–Crippen LogP) is 10.6. The summed E-state index contributed by atoms with van der Waals surface area (Å²) in [5, 5.41) is 5.18. The average Bonchev–Trinajstić information content (AvgIpc) is 3.93. The largest absolute Gasteiger partial charge is 0.348 e. The second kappa shape index (κ2) is 9.74. The average molecular weight is 709 g/mol. The molecule has 6 aromatic carbocycles. The molecule has 5 nitrogen and oxygen atoms in total. The minimum atomic E-state index is -0.568. The van der Waals surface area contributed by atoms with Crippen LogP contribution >= 0.6 is 0 Å². The molecule has 1 spiro atoms. The van der Waals surface area contributed by atoms with Crippen LogP contribution in [-0.2, 0) is 11.0 Å². The van der Waals surface area contributed by atoms with Gasteiger partial charge in [0.15, 0.2) is 6.17 Å². The van der Waals surface area contributed by atoms with Gasteiger partial charge in [-0.2, -0.15) is 4.57 Å². The Kier molecular flexibility index (Phi) is 5.28. The number of benzene rings is 6. The summed E-state index contributed by atoms with van der Waals surface area (Å²) in [7, 11) is 2.32. The number of rotatable bonds is 2. The van der Waals surface area contributed by atoms with Gasteiger partial charge in [-0.15, -0.1) is 0 Å². The minimum absolute atomic E-state index is 0.0518. The van der Waals surface area contributed by atoms with Crippen molar-refractivity contribution in [1.29, 1.82) is 0 Å². The number of anilines is 1. The van der Waals surface area contributed by atoms with Crippen LogP contribution in [0.25, 0.3) is 71.9 Å². The molecule has 2 atom stereocenters. The molecule has 0 N–H and O–H groups in total. The van der Waals surface area contributed by atoms with E-state index in [-0.39, 0.29) is 11.6 Å². The molecule has 0 radical (unpaired) electrons. The van der Waals surface area contributed by atoms with Crippen LogP contribution in [0, 0.1) is 0 Å². The SMILES string of the molecule is CN1C(c2ccc(-c3ccccc3)cc2)=CN2c3ccc4c5ccccc5n5c4c3C3(c4c-5cc(C(C)(C)C)cc4-n4c5ccccc5c5ccc[n+]3c54)C12. The Labute approximate surface area is 319 Å². The molecule has 0 aliphatic carbocycles. The molecule has 0 amide bonds. The monoisotopic (exact) mass is 708 g/mol. The maximum atomic E-state index is 2.67. The summed E-state index contributed by atoms with van der Waals surface area (Å²) in [6.45, 7) is 7.06. The maximum Gasteiger partial charge on any atom is 0.296 e.